The van der Waals surface area contributed by atoms with Crippen molar-refractivity contribution in [2.75, 3.05) is 23.7 Å². The second-order valence-electron chi connectivity index (χ2n) is 3.63. The third kappa shape index (κ3) is 2.63. The van der Waals surface area contributed by atoms with Gasteiger partial charge in [0.1, 0.15) is 4.88 Å². The molecular weight excluding hydrogens is 257 g/mol. The second kappa shape index (κ2) is 4.44. The Morgan fingerprint density at radius 1 is 1.50 bits per heavy atom. The highest BCUT2D eigenvalue weighted by Crippen LogP contribution is 2.37. The lowest BCUT2D eigenvalue weighted by atomic mass is 10.4. The number of aromatic nitrogens is 1. The average molecular weight is 268 g/mol. The molecule has 1 aromatic rings. The Morgan fingerprint density at radius 3 is 2.81 bits per heavy atom. The van der Waals surface area contributed by atoms with Crippen LogP contribution in [0.1, 0.15) is 11.8 Å². The van der Waals surface area contributed by atoms with Crippen LogP contribution in [0.15, 0.2) is 6.20 Å². The predicted octanol–water partition coefficient (Wildman–Crippen LogP) is 3.10. The molecule has 1 fully saturated rings. The molecule has 1 aliphatic rings. The van der Waals surface area contributed by atoms with Crippen molar-refractivity contribution in [2.45, 2.75) is 18.3 Å². The first kappa shape index (κ1) is 12.0. The number of alkyl halides is 3. The van der Waals surface area contributed by atoms with Gasteiger partial charge < -0.3 is 4.90 Å². The molecule has 0 aliphatic carbocycles. The summed E-state index contributed by atoms with van der Waals surface area (Å²) < 4.78 is 37.2. The molecule has 1 aliphatic heterocycles. The van der Waals surface area contributed by atoms with E-state index < -0.39 is 11.1 Å². The van der Waals surface area contributed by atoms with Gasteiger partial charge in [-0.1, -0.05) is 18.3 Å². The summed E-state index contributed by atoms with van der Waals surface area (Å²) in [4.78, 5) is 5.17. The topological polar surface area (TPSA) is 16.1 Å². The van der Waals surface area contributed by atoms with Crippen molar-refractivity contribution in [3.05, 3.63) is 11.1 Å². The minimum absolute atomic E-state index is 0.451. The molecule has 1 unspecified atom stereocenters. The van der Waals surface area contributed by atoms with E-state index in [1.54, 1.807) is 0 Å². The standard InChI is InChI=1S/C9H11F3N2S2/c1-6-5-14(2-3-15-6)8-13-4-7(16-8)9(10,11)12/h4,6H,2-3,5H2,1H3. The summed E-state index contributed by atoms with van der Waals surface area (Å²) in [6, 6.07) is 0. The highest BCUT2D eigenvalue weighted by atomic mass is 32.2. The zero-order valence-corrected chi connectivity index (χ0v) is 10.3. The van der Waals surface area contributed by atoms with E-state index in [2.05, 4.69) is 11.9 Å². The quantitative estimate of drug-likeness (QED) is 0.778. The number of halogens is 3. The monoisotopic (exact) mass is 268 g/mol. The fourth-order valence-electron chi connectivity index (χ4n) is 1.53. The first-order chi connectivity index (χ1) is 7.47. The average Bonchev–Trinajstić information content (AvgIpc) is 2.65. The summed E-state index contributed by atoms with van der Waals surface area (Å²) in [5.41, 5.74) is 0. The van der Waals surface area contributed by atoms with Crippen LogP contribution in [-0.4, -0.2) is 29.1 Å². The summed E-state index contributed by atoms with van der Waals surface area (Å²) in [5.74, 6) is 0.947. The lowest BCUT2D eigenvalue weighted by Crippen LogP contribution is -2.36. The highest BCUT2D eigenvalue weighted by molar-refractivity contribution is 8.00. The van der Waals surface area contributed by atoms with Gasteiger partial charge in [-0.3, -0.25) is 0 Å². The number of thioether (sulfide) groups is 1. The van der Waals surface area contributed by atoms with Gasteiger partial charge in [0.2, 0.25) is 0 Å². The number of nitrogens with zero attached hydrogens (tertiary/aromatic N) is 2. The Labute approximate surface area is 99.9 Å². The van der Waals surface area contributed by atoms with E-state index in [4.69, 9.17) is 0 Å². The summed E-state index contributed by atoms with van der Waals surface area (Å²) in [5, 5.41) is 0.937. The number of rotatable bonds is 1. The SMILES string of the molecule is CC1CN(c2ncc(C(F)(F)F)s2)CCS1. The predicted molar refractivity (Wildman–Crippen MR) is 61.2 cm³/mol. The van der Waals surface area contributed by atoms with Crippen LogP contribution in [0.5, 0.6) is 0 Å². The Hall–Kier alpha value is -0.430. The molecule has 0 spiro atoms. The number of hydrogen-bond acceptors (Lipinski definition) is 4. The van der Waals surface area contributed by atoms with E-state index in [-0.39, 0.29) is 0 Å². The van der Waals surface area contributed by atoms with E-state index >= 15 is 0 Å². The van der Waals surface area contributed by atoms with Crippen LogP contribution < -0.4 is 4.90 Å². The van der Waals surface area contributed by atoms with Crippen molar-refractivity contribution in [3.63, 3.8) is 0 Å². The molecule has 1 atom stereocenters. The normalized spacial score (nSPS) is 22.5. The van der Waals surface area contributed by atoms with E-state index in [1.807, 2.05) is 16.7 Å². The van der Waals surface area contributed by atoms with Gasteiger partial charge in [0.05, 0.1) is 6.20 Å². The Kier molecular flexibility index (Phi) is 3.34. The molecule has 2 heterocycles. The van der Waals surface area contributed by atoms with Crippen molar-refractivity contribution < 1.29 is 13.2 Å². The molecule has 1 aromatic heterocycles. The molecule has 0 N–H and O–H groups in total. The smallest absolute Gasteiger partial charge is 0.346 e. The molecular formula is C9H11F3N2S2. The second-order valence-corrected chi connectivity index (χ2v) is 6.19. The van der Waals surface area contributed by atoms with Crippen LogP contribution in [0.3, 0.4) is 0 Å². The van der Waals surface area contributed by atoms with E-state index in [9.17, 15) is 13.2 Å². The fourth-order valence-corrected chi connectivity index (χ4v) is 3.37. The highest BCUT2D eigenvalue weighted by Gasteiger charge is 2.34. The van der Waals surface area contributed by atoms with E-state index in [0.29, 0.717) is 10.4 Å². The van der Waals surface area contributed by atoms with E-state index in [1.165, 1.54) is 0 Å². The van der Waals surface area contributed by atoms with Crippen molar-refractivity contribution in [3.8, 4) is 0 Å². The maximum Gasteiger partial charge on any atom is 0.427 e. The van der Waals surface area contributed by atoms with Crippen LogP contribution in [0.25, 0.3) is 0 Å². The molecule has 0 saturated carbocycles. The van der Waals surface area contributed by atoms with Crippen LogP contribution in [-0.2, 0) is 6.18 Å². The van der Waals surface area contributed by atoms with Crippen molar-refractivity contribution >= 4 is 28.2 Å². The molecule has 90 valence electrons. The first-order valence-electron chi connectivity index (χ1n) is 4.86. The molecule has 0 amide bonds. The number of thiazole rings is 1. The van der Waals surface area contributed by atoms with Crippen molar-refractivity contribution in [1.29, 1.82) is 0 Å². The van der Waals surface area contributed by atoms with Crippen LogP contribution in [0.4, 0.5) is 18.3 Å². The van der Waals surface area contributed by atoms with Crippen LogP contribution in [0.2, 0.25) is 0 Å². The maximum absolute atomic E-state index is 12.4. The molecule has 7 heteroatoms. The van der Waals surface area contributed by atoms with Gasteiger partial charge in [-0.2, -0.15) is 24.9 Å². The van der Waals surface area contributed by atoms with Gasteiger partial charge in [-0.15, -0.1) is 0 Å². The van der Waals surface area contributed by atoms with Gasteiger partial charge in [-0.25, -0.2) is 4.98 Å². The van der Waals surface area contributed by atoms with Crippen LogP contribution >= 0.6 is 23.1 Å². The summed E-state index contributed by atoms with van der Waals surface area (Å²) in [6.45, 7) is 3.63. The zero-order valence-electron chi connectivity index (χ0n) is 8.62. The van der Waals surface area contributed by atoms with Crippen molar-refractivity contribution in [2.24, 2.45) is 0 Å². The van der Waals surface area contributed by atoms with Crippen LogP contribution in [0, 0.1) is 0 Å². The summed E-state index contributed by atoms with van der Waals surface area (Å²) >= 11 is 2.57. The number of hydrogen-bond donors (Lipinski definition) is 0. The lowest BCUT2D eigenvalue weighted by molar-refractivity contribution is -0.134. The third-order valence-corrected chi connectivity index (χ3v) is 4.52. The molecule has 2 nitrogen and oxygen atoms in total. The van der Waals surface area contributed by atoms with Gasteiger partial charge >= 0.3 is 6.18 Å². The molecule has 2 rings (SSSR count). The zero-order chi connectivity index (χ0) is 11.8. The largest absolute Gasteiger partial charge is 0.427 e. The van der Waals surface area contributed by atoms with E-state index in [0.717, 1.165) is 36.4 Å². The molecule has 1 saturated heterocycles. The van der Waals surface area contributed by atoms with Gasteiger partial charge in [0.25, 0.3) is 0 Å². The summed E-state index contributed by atoms with van der Waals surface area (Å²) in [6.07, 6.45) is -3.35. The molecule has 0 radical (unpaired) electrons. The molecule has 0 bridgehead atoms. The molecule has 0 aromatic carbocycles. The first-order valence-corrected chi connectivity index (χ1v) is 6.73. The van der Waals surface area contributed by atoms with Gasteiger partial charge in [-0.05, 0) is 0 Å². The summed E-state index contributed by atoms with van der Waals surface area (Å²) in [7, 11) is 0. The fraction of sp³-hybridized carbons (Fsp3) is 0.667. The molecule has 16 heavy (non-hydrogen) atoms. The Bertz CT molecular complexity index is 364. The minimum atomic E-state index is -4.27. The minimum Gasteiger partial charge on any atom is -0.346 e. The third-order valence-electron chi connectivity index (χ3n) is 2.28. The van der Waals surface area contributed by atoms with Crippen molar-refractivity contribution in [1.82, 2.24) is 4.98 Å². The number of anilines is 1. The maximum atomic E-state index is 12.4. The Morgan fingerprint density at radius 2 is 2.25 bits per heavy atom. The van der Waals surface area contributed by atoms with Gasteiger partial charge in [0.15, 0.2) is 5.13 Å². The Balaban J connectivity index is 2.12. The van der Waals surface area contributed by atoms with Gasteiger partial charge in [0, 0.05) is 24.1 Å². The lowest BCUT2D eigenvalue weighted by Gasteiger charge is -2.30.